The zero-order valence-corrected chi connectivity index (χ0v) is 12.0. The first-order chi connectivity index (χ1) is 10.2. The van der Waals surface area contributed by atoms with Gasteiger partial charge in [-0.3, -0.25) is 4.79 Å². The van der Waals surface area contributed by atoms with Crippen LogP contribution < -0.4 is 10.5 Å². The molecule has 0 aliphatic carbocycles. The highest BCUT2D eigenvalue weighted by atomic mass is 16.5. The van der Waals surface area contributed by atoms with Gasteiger partial charge in [0.15, 0.2) is 0 Å². The summed E-state index contributed by atoms with van der Waals surface area (Å²) < 4.78 is 5.28. The van der Waals surface area contributed by atoms with Crippen LogP contribution in [0.2, 0.25) is 0 Å². The van der Waals surface area contributed by atoms with Gasteiger partial charge in [0.2, 0.25) is 0 Å². The van der Waals surface area contributed by atoms with Crippen LogP contribution in [0.1, 0.15) is 21.5 Å². The zero-order valence-electron chi connectivity index (χ0n) is 12.0. The molecule has 0 aromatic heterocycles. The van der Waals surface area contributed by atoms with Crippen LogP contribution in [0, 0.1) is 0 Å². The Morgan fingerprint density at radius 1 is 1.19 bits per heavy atom. The van der Waals surface area contributed by atoms with E-state index in [2.05, 4.69) is 6.07 Å². The highest BCUT2D eigenvalue weighted by molar-refractivity contribution is 5.97. The van der Waals surface area contributed by atoms with Crippen LogP contribution >= 0.6 is 0 Å². The summed E-state index contributed by atoms with van der Waals surface area (Å²) in [6.45, 7) is 1.26. The summed E-state index contributed by atoms with van der Waals surface area (Å²) in [6, 6.07) is 13.2. The molecule has 0 bridgehead atoms. The van der Waals surface area contributed by atoms with Crippen molar-refractivity contribution >= 4 is 11.6 Å². The molecule has 1 heterocycles. The van der Waals surface area contributed by atoms with Crippen molar-refractivity contribution in [1.82, 2.24) is 4.90 Å². The standard InChI is InChI=1S/C17H18N2O2/c1-21-16-8-3-2-6-13(16)17(20)19-10-9-12-5-4-7-15(18)14(12)11-19/h2-8H,9-11,18H2,1H3. The zero-order chi connectivity index (χ0) is 14.8. The van der Waals surface area contributed by atoms with Crippen LogP contribution in [0.25, 0.3) is 0 Å². The summed E-state index contributed by atoms with van der Waals surface area (Å²) in [5, 5.41) is 0. The van der Waals surface area contributed by atoms with Crippen molar-refractivity contribution in [2.45, 2.75) is 13.0 Å². The highest BCUT2D eigenvalue weighted by Gasteiger charge is 2.24. The number of nitrogens with two attached hydrogens (primary N) is 1. The quantitative estimate of drug-likeness (QED) is 0.861. The molecule has 2 aromatic rings. The maximum Gasteiger partial charge on any atom is 0.257 e. The van der Waals surface area contributed by atoms with Crippen LogP contribution in [-0.4, -0.2) is 24.5 Å². The number of benzene rings is 2. The lowest BCUT2D eigenvalue weighted by molar-refractivity contribution is 0.0732. The molecule has 0 saturated heterocycles. The van der Waals surface area contributed by atoms with Crippen LogP contribution in [0.5, 0.6) is 5.75 Å². The number of rotatable bonds is 2. The van der Waals surface area contributed by atoms with Crippen molar-refractivity contribution in [2.75, 3.05) is 19.4 Å². The van der Waals surface area contributed by atoms with Crippen LogP contribution in [-0.2, 0) is 13.0 Å². The summed E-state index contributed by atoms with van der Waals surface area (Å²) in [7, 11) is 1.58. The van der Waals surface area contributed by atoms with Crippen molar-refractivity contribution < 1.29 is 9.53 Å². The van der Waals surface area contributed by atoms with E-state index in [1.165, 1.54) is 5.56 Å². The van der Waals surface area contributed by atoms with Crippen molar-refractivity contribution in [1.29, 1.82) is 0 Å². The largest absolute Gasteiger partial charge is 0.496 e. The van der Waals surface area contributed by atoms with Crippen LogP contribution in [0.15, 0.2) is 42.5 Å². The maximum absolute atomic E-state index is 12.7. The molecule has 0 radical (unpaired) electrons. The number of nitrogens with zero attached hydrogens (tertiary/aromatic N) is 1. The second kappa shape index (κ2) is 5.48. The lowest BCUT2D eigenvalue weighted by Crippen LogP contribution is -2.36. The van der Waals surface area contributed by atoms with Crippen molar-refractivity contribution in [2.24, 2.45) is 0 Å². The minimum atomic E-state index is -0.0126. The number of anilines is 1. The van der Waals surface area contributed by atoms with Crippen molar-refractivity contribution in [3.05, 3.63) is 59.2 Å². The van der Waals surface area contributed by atoms with E-state index >= 15 is 0 Å². The van der Waals surface area contributed by atoms with E-state index < -0.39 is 0 Å². The van der Waals surface area contributed by atoms with Crippen molar-refractivity contribution in [3.63, 3.8) is 0 Å². The van der Waals surface area contributed by atoms with Gasteiger partial charge in [-0.2, -0.15) is 0 Å². The molecule has 2 aromatic carbocycles. The number of fused-ring (bicyclic) bond motifs is 1. The van der Waals surface area contributed by atoms with Gasteiger partial charge in [-0.15, -0.1) is 0 Å². The third-order valence-corrected chi connectivity index (χ3v) is 3.93. The fraction of sp³-hybridized carbons (Fsp3) is 0.235. The smallest absolute Gasteiger partial charge is 0.257 e. The summed E-state index contributed by atoms with van der Waals surface area (Å²) in [6.07, 6.45) is 0.835. The Labute approximate surface area is 124 Å². The van der Waals surface area contributed by atoms with Crippen molar-refractivity contribution in [3.8, 4) is 5.75 Å². The summed E-state index contributed by atoms with van der Waals surface area (Å²) >= 11 is 0. The molecular weight excluding hydrogens is 264 g/mol. The Hall–Kier alpha value is -2.49. The van der Waals surface area contributed by atoms with Gasteiger partial charge in [0.1, 0.15) is 5.75 Å². The van der Waals surface area contributed by atoms with E-state index in [0.717, 1.165) is 17.7 Å². The minimum Gasteiger partial charge on any atom is -0.496 e. The fourth-order valence-electron chi connectivity index (χ4n) is 2.77. The Bertz CT molecular complexity index is 682. The van der Waals surface area contributed by atoms with Gasteiger partial charge >= 0.3 is 0 Å². The SMILES string of the molecule is COc1ccccc1C(=O)N1CCc2cccc(N)c2C1. The molecule has 1 aliphatic heterocycles. The van der Waals surface area contributed by atoms with E-state index in [-0.39, 0.29) is 5.91 Å². The van der Waals surface area contributed by atoms with Gasteiger partial charge in [0.05, 0.1) is 12.7 Å². The molecule has 1 amide bonds. The van der Waals surface area contributed by atoms with E-state index in [0.29, 0.717) is 24.4 Å². The first-order valence-corrected chi connectivity index (χ1v) is 6.99. The predicted molar refractivity (Wildman–Crippen MR) is 82.3 cm³/mol. The Balaban J connectivity index is 1.89. The van der Waals surface area contributed by atoms with E-state index in [1.54, 1.807) is 19.2 Å². The minimum absolute atomic E-state index is 0.0126. The predicted octanol–water partition coefficient (Wildman–Crippen LogP) is 2.48. The number of carbonyl (C=O) groups excluding carboxylic acids is 1. The Morgan fingerprint density at radius 2 is 2.00 bits per heavy atom. The third-order valence-electron chi connectivity index (χ3n) is 3.93. The number of nitrogen functional groups attached to an aromatic ring is 1. The molecular formula is C17H18N2O2. The molecule has 0 spiro atoms. The van der Waals surface area contributed by atoms with Crippen LogP contribution in [0.4, 0.5) is 5.69 Å². The number of ether oxygens (including phenoxy) is 1. The number of para-hydroxylation sites is 1. The number of hydrogen-bond donors (Lipinski definition) is 1. The van der Waals surface area contributed by atoms with Gasteiger partial charge in [0, 0.05) is 18.8 Å². The van der Waals surface area contributed by atoms with Gasteiger partial charge in [-0.25, -0.2) is 0 Å². The monoisotopic (exact) mass is 282 g/mol. The molecule has 2 N–H and O–H groups in total. The van der Waals surface area contributed by atoms with Gasteiger partial charge in [0.25, 0.3) is 5.91 Å². The molecule has 4 heteroatoms. The lowest BCUT2D eigenvalue weighted by Gasteiger charge is -2.30. The lowest BCUT2D eigenvalue weighted by atomic mass is 9.97. The molecule has 0 fully saturated rings. The van der Waals surface area contributed by atoms with Crippen LogP contribution in [0.3, 0.4) is 0 Å². The molecule has 4 nitrogen and oxygen atoms in total. The first kappa shape index (κ1) is 13.5. The second-order valence-corrected chi connectivity index (χ2v) is 5.16. The molecule has 21 heavy (non-hydrogen) atoms. The summed E-state index contributed by atoms with van der Waals surface area (Å²) in [5.41, 5.74) is 9.68. The number of hydrogen-bond acceptors (Lipinski definition) is 3. The third kappa shape index (κ3) is 2.44. The highest BCUT2D eigenvalue weighted by Crippen LogP contribution is 2.27. The van der Waals surface area contributed by atoms with Gasteiger partial charge in [-0.1, -0.05) is 24.3 Å². The van der Waals surface area contributed by atoms with E-state index in [4.69, 9.17) is 10.5 Å². The average molecular weight is 282 g/mol. The Morgan fingerprint density at radius 3 is 2.81 bits per heavy atom. The van der Waals surface area contributed by atoms with E-state index in [1.807, 2.05) is 29.2 Å². The number of carbonyl (C=O) groups is 1. The second-order valence-electron chi connectivity index (χ2n) is 5.16. The first-order valence-electron chi connectivity index (χ1n) is 6.99. The molecule has 1 aliphatic rings. The molecule has 0 unspecified atom stereocenters. The number of methoxy groups -OCH3 is 1. The molecule has 0 saturated carbocycles. The molecule has 0 atom stereocenters. The normalized spacial score (nSPS) is 13.7. The fourth-order valence-corrected chi connectivity index (χ4v) is 2.77. The van der Waals surface area contributed by atoms with Gasteiger partial charge < -0.3 is 15.4 Å². The average Bonchev–Trinajstić information content (AvgIpc) is 2.54. The van der Waals surface area contributed by atoms with E-state index in [9.17, 15) is 4.79 Å². The topological polar surface area (TPSA) is 55.6 Å². The maximum atomic E-state index is 12.7. The molecule has 108 valence electrons. The Kier molecular flexibility index (Phi) is 3.52. The van der Waals surface area contributed by atoms with Gasteiger partial charge in [-0.05, 0) is 35.7 Å². The summed E-state index contributed by atoms with van der Waals surface area (Å²) in [5.74, 6) is 0.593. The number of amides is 1. The molecule has 3 rings (SSSR count). The summed E-state index contributed by atoms with van der Waals surface area (Å²) in [4.78, 5) is 14.5.